The smallest absolute Gasteiger partial charge is 0.307 e. The van der Waals surface area contributed by atoms with Gasteiger partial charge < -0.3 is 15.2 Å². The quantitative estimate of drug-likeness (QED) is 0.553. The van der Waals surface area contributed by atoms with Crippen molar-refractivity contribution in [3.63, 3.8) is 0 Å². The summed E-state index contributed by atoms with van der Waals surface area (Å²) >= 11 is 13.0. The molecule has 24 heavy (non-hydrogen) atoms. The van der Waals surface area contributed by atoms with Crippen molar-refractivity contribution in [1.82, 2.24) is 0 Å². The van der Waals surface area contributed by atoms with E-state index in [0.29, 0.717) is 31.9 Å². The molecule has 0 unspecified atom stereocenters. The number of aliphatic carboxylic acids is 1. The van der Waals surface area contributed by atoms with Crippen LogP contribution < -0.4 is 10.1 Å². The maximum atomic E-state index is 10.8. The molecule has 0 saturated carbocycles. The first-order valence-corrected chi connectivity index (χ1v) is 9.21. The van der Waals surface area contributed by atoms with E-state index in [2.05, 4.69) is 37.2 Å². The molecule has 0 spiro atoms. The summed E-state index contributed by atoms with van der Waals surface area (Å²) in [6.07, 6.45) is -0.0438. The summed E-state index contributed by atoms with van der Waals surface area (Å²) in [4.78, 5) is 10.8. The van der Waals surface area contributed by atoms with E-state index in [1.165, 1.54) is 0 Å². The topological polar surface area (TPSA) is 58.6 Å². The van der Waals surface area contributed by atoms with Crippen LogP contribution in [0.3, 0.4) is 0 Å². The van der Waals surface area contributed by atoms with Crippen LogP contribution in [0.5, 0.6) is 5.75 Å². The summed E-state index contributed by atoms with van der Waals surface area (Å²) in [6, 6.07) is 9.19. The Bertz CT molecular complexity index is 730. The van der Waals surface area contributed by atoms with Crippen molar-refractivity contribution in [2.75, 3.05) is 11.9 Å². The van der Waals surface area contributed by atoms with E-state index in [1.807, 2.05) is 25.1 Å². The van der Waals surface area contributed by atoms with Crippen LogP contribution in [-0.4, -0.2) is 17.6 Å². The lowest BCUT2D eigenvalue weighted by Gasteiger charge is -2.13. The number of halogens is 3. The van der Waals surface area contributed by atoms with Gasteiger partial charge in [-0.15, -0.1) is 0 Å². The summed E-state index contributed by atoms with van der Waals surface area (Å²) in [5.74, 6) is -0.258. The van der Waals surface area contributed by atoms with Crippen LogP contribution in [0.1, 0.15) is 18.1 Å². The number of nitrogens with one attached hydrogen (secondary N) is 1. The Kier molecular flexibility index (Phi) is 6.95. The molecule has 0 aliphatic carbocycles. The molecule has 2 N–H and O–H groups in total. The van der Waals surface area contributed by atoms with Gasteiger partial charge in [-0.05, 0) is 80.2 Å². The summed E-state index contributed by atoms with van der Waals surface area (Å²) in [5, 5.41) is 12.7. The lowest BCUT2D eigenvalue weighted by molar-refractivity contribution is -0.136. The standard InChI is InChI=1S/C17H16Br2ClNO3/c1-2-21-13-4-11(3-12(20)8-13)9-24-17-14(18)5-10(6-15(17)19)7-16(22)23/h3-6,8,21H,2,7,9H2,1H3,(H,22,23). The van der Waals surface area contributed by atoms with Crippen molar-refractivity contribution in [2.45, 2.75) is 20.0 Å². The number of carbonyl (C=O) groups is 1. The lowest BCUT2D eigenvalue weighted by Crippen LogP contribution is -2.02. The van der Waals surface area contributed by atoms with Gasteiger partial charge in [0.05, 0.1) is 15.4 Å². The Morgan fingerprint density at radius 2 is 1.83 bits per heavy atom. The molecule has 4 nitrogen and oxygen atoms in total. The van der Waals surface area contributed by atoms with Gasteiger partial charge in [0, 0.05) is 17.3 Å². The van der Waals surface area contributed by atoms with Crippen molar-refractivity contribution >= 4 is 55.1 Å². The number of hydrogen-bond acceptors (Lipinski definition) is 3. The molecule has 2 aromatic carbocycles. The van der Waals surface area contributed by atoms with E-state index < -0.39 is 5.97 Å². The molecule has 0 fully saturated rings. The minimum Gasteiger partial charge on any atom is -0.487 e. The fraction of sp³-hybridized carbons (Fsp3) is 0.235. The third-order valence-electron chi connectivity index (χ3n) is 3.14. The second-order valence-electron chi connectivity index (χ2n) is 5.13. The largest absolute Gasteiger partial charge is 0.487 e. The molecule has 0 aliphatic heterocycles. The van der Waals surface area contributed by atoms with Gasteiger partial charge >= 0.3 is 5.97 Å². The minimum atomic E-state index is -0.877. The predicted octanol–water partition coefficient (Wildman–Crippen LogP) is 5.50. The van der Waals surface area contributed by atoms with Crippen LogP contribution in [-0.2, 0) is 17.8 Å². The van der Waals surface area contributed by atoms with Gasteiger partial charge in [-0.3, -0.25) is 4.79 Å². The molecule has 7 heteroatoms. The molecule has 0 atom stereocenters. The predicted molar refractivity (Wildman–Crippen MR) is 103 cm³/mol. The highest BCUT2D eigenvalue weighted by atomic mass is 79.9. The molecule has 0 aromatic heterocycles. The number of carboxylic acids is 1. The van der Waals surface area contributed by atoms with E-state index in [9.17, 15) is 4.79 Å². The van der Waals surface area contributed by atoms with E-state index in [0.717, 1.165) is 17.8 Å². The zero-order chi connectivity index (χ0) is 17.7. The fourth-order valence-corrected chi connectivity index (χ4v) is 3.99. The molecular weight excluding hydrogens is 461 g/mol. The van der Waals surface area contributed by atoms with Crippen LogP contribution in [0.2, 0.25) is 5.02 Å². The summed E-state index contributed by atoms with van der Waals surface area (Å²) < 4.78 is 7.27. The highest BCUT2D eigenvalue weighted by Gasteiger charge is 2.11. The molecule has 0 heterocycles. The summed E-state index contributed by atoms with van der Waals surface area (Å²) in [5.41, 5.74) is 2.57. The van der Waals surface area contributed by atoms with Crippen molar-refractivity contribution in [3.05, 3.63) is 55.4 Å². The van der Waals surface area contributed by atoms with Crippen LogP contribution in [0.15, 0.2) is 39.3 Å². The Morgan fingerprint density at radius 1 is 1.17 bits per heavy atom. The van der Waals surface area contributed by atoms with Gasteiger partial charge in [0.1, 0.15) is 12.4 Å². The van der Waals surface area contributed by atoms with Crippen molar-refractivity contribution < 1.29 is 14.6 Å². The van der Waals surface area contributed by atoms with Crippen LogP contribution in [0.25, 0.3) is 0 Å². The van der Waals surface area contributed by atoms with E-state index in [-0.39, 0.29) is 6.42 Å². The fourth-order valence-electron chi connectivity index (χ4n) is 2.22. The Morgan fingerprint density at radius 3 is 2.42 bits per heavy atom. The minimum absolute atomic E-state index is 0.0438. The van der Waals surface area contributed by atoms with Crippen LogP contribution in [0, 0.1) is 0 Å². The summed E-state index contributed by atoms with van der Waals surface area (Å²) in [6.45, 7) is 3.17. The van der Waals surface area contributed by atoms with Crippen molar-refractivity contribution in [1.29, 1.82) is 0 Å². The third-order valence-corrected chi connectivity index (χ3v) is 4.53. The van der Waals surface area contributed by atoms with Gasteiger partial charge in [0.25, 0.3) is 0 Å². The average molecular weight is 478 g/mol. The molecular formula is C17H16Br2ClNO3. The number of benzene rings is 2. The Labute approximate surface area is 162 Å². The molecule has 128 valence electrons. The second kappa shape index (κ2) is 8.74. The van der Waals surface area contributed by atoms with Crippen LogP contribution >= 0.6 is 43.5 Å². The molecule has 0 radical (unpaired) electrons. The first-order valence-electron chi connectivity index (χ1n) is 7.25. The van der Waals surface area contributed by atoms with E-state index in [1.54, 1.807) is 12.1 Å². The highest BCUT2D eigenvalue weighted by molar-refractivity contribution is 9.11. The maximum absolute atomic E-state index is 10.8. The van der Waals surface area contributed by atoms with Gasteiger partial charge in [0.2, 0.25) is 0 Å². The normalized spacial score (nSPS) is 10.5. The van der Waals surface area contributed by atoms with E-state index >= 15 is 0 Å². The van der Waals surface area contributed by atoms with Gasteiger partial charge in [-0.2, -0.15) is 0 Å². The van der Waals surface area contributed by atoms with Gasteiger partial charge in [0.15, 0.2) is 0 Å². The third kappa shape index (κ3) is 5.40. The maximum Gasteiger partial charge on any atom is 0.307 e. The zero-order valence-electron chi connectivity index (χ0n) is 12.9. The van der Waals surface area contributed by atoms with Crippen molar-refractivity contribution in [3.8, 4) is 5.75 Å². The Balaban J connectivity index is 2.16. The molecule has 2 rings (SSSR count). The number of hydrogen-bond donors (Lipinski definition) is 2. The van der Waals surface area contributed by atoms with Gasteiger partial charge in [-0.25, -0.2) is 0 Å². The highest BCUT2D eigenvalue weighted by Crippen LogP contribution is 2.35. The first-order chi connectivity index (χ1) is 11.4. The number of carboxylic acid groups (broad SMARTS) is 1. The number of anilines is 1. The molecule has 0 amide bonds. The van der Waals surface area contributed by atoms with Gasteiger partial charge in [-0.1, -0.05) is 11.6 Å². The molecule has 2 aromatic rings. The lowest BCUT2D eigenvalue weighted by atomic mass is 10.1. The SMILES string of the molecule is CCNc1cc(Cl)cc(COc2c(Br)cc(CC(=O)O)cc2Br)c1. The molecule has 0 bridgehead atoms. The average Bonchev–Trinajstić information content (AvgIpc) is 2.45. The zero-order valence-corrected chi connectivity index (χ0v) is 16.8. The molecule has 0 saturated heterocycles. The first kappa shape index (κ1) is 19.1. The summed E-state index contributed by atoms with van der Waals surface area (Å²) in [7, 11) is 0. The monoisotopic (exact) mass is 475 g/mol. The van der Waals surface area contributed by atoms with Crippen LogP contribution in [0.4, 0.5) is 5.69 Å². The Hall–Kier alpha value is -1.24. The number of ether oxygens (including phenoxy) is 1. The second-order valence-corrected chi connectivity index (χ2v) is 7.27. The number of rotatable bonds is 7. The van der Waals surface area contributed by atoms with Crippen molar-refractivity contribution in [2.24, 2.45) is 0 Å². The van der Waals surface area contributed by atoms with E-state index in [4.69, 9.17) is 21.4 Å². The molecule has 0 aliphatic rings.